The van der Waals surface area contributed by atoms with Crippen molar-refractivity contribution in [3.05, 3.63) is 29.7 Å². The van der Waals surface area contributed by atoms with Crippen molar-refractivity contribution >= 4 is 23.1 Å². The van der Waals surface area contributed by atoms with Crippen LogP contribution in [0.15, 0.2) is 33.4 Å². The third-order valence-corrected chi connectivity index (χ3v) is 3.86. The van der Waals surface area contributed by atoms with Gasteiger partial charge in [0.15, 0.2) is 0 Å². The Kier molecular flexibility index (Phi) is 2.99. The molecule has 0 aliphatic carbocycles. The van der Waals surface area contributed by atoms with Crippen LogP contribution in [0.5, 0.6) is 0 Å². The van der Waals surface area contributed by atoms with Gasteiger partial charge in [0.05, 0.1) is 10.6 Å². The molecule has 0 radical (unpaired) electrons. The lowest BCUT2D eigenvalue weighted by Gasteiger charge is -1.95. The smallest absolute Gasteiger partial charge is 0.257 e. The van der Waals surface area contributed by atoms with Gasteiger partial charge in [-0.25, -0.2) is 4.68 Å². The minimum Gasteiger partial charge on any atom is -0.419 e. The average Bonchev–Trinajstić information content (AvgIpc) is 3.08. The number of nitrogen functional groups attached to an aromatic ring is 1. The Hall–Kier alpha value is -1.87. The molecule has 9 heteroatoms. The van der Waals surface area contributed by atoms with E-state index in [-0.39, 0.29) is 0 Å². The van der Waals surface area contributed by atoms with E-state index in [0.717, 1.165) is 4.88 Å². The molecule has 3 rings (SSSR count). The molecular formula is C9H8N6OS2. The van der Waals surface area contributed by atoms with Gasteiger partial charge in [0.2, 0.25) is 11.0 Å². The fraction of sp³-hybridized carbons (Fsp3) is 0.111. The number of nitrogens with zero attached hydrogens (tertiary/aromatic N) is 5. The fourth-order valence-electron chi connectivity index (χ4n) is 1.27. The van der Waals surface area contributed by atoms with Gasteiger partial charge in [0, 0.05) is 0 Å². The molecule has 0 fully saturated rings. The summed E-state index contributed by atoms with van der Waals surface area (Å²) in [7, 11) is 0. The van der Waals surface area contributed by atoms with Gasteiger partial charge >= 0.3 is 0 Å². The molecule has 0 saturated heterocycles. The molecule has 92 valence electrons. The van der Waals surface area contributed by atoms with Crippen molar-refractivity contribution in [1.82, 2.24) is 25.1 Å². The van der Waals surface area contributed by atoms with Gasteiger partial charge in [-0.3, -0.25) is 0 Å². The summed E-state index contributed by atoms with van der Waals surface area (Å²) >= 11 is 2.95. The zero-order valence-corrected chi connectivity index (χ0v) is 10.7. The summed E-state index contributed by atoms with van der Waals surface area (Å²) < 4.78 is 6.88. The highest BCUT2D eigenvalue weighted by Crippen LogP contribution is 2.25. The standard InChI is InChI=1S/C9H8N6OS2/c10-15-5-11-14-9(15)18-4-7-12-13-8(16-7)6-2-1-3-17-6/h1-3,5H,4,10H2. The Morgan fingerprint density at radius 2 is 2.33 bits per heavy atom. The molecule has 0 saturated carbocycles. The van der Waals surface area contributed by atoms with Gasteiger partial charge in [-0.2, -0.15) is 0 Å². The molecule has 3 aromatic rings. The van der Waals surface area contributed by atoms with Gasteiger partial charge in [-0.1, -0.05) is 17.8 Å². The first-order valence-corrected chi connectivity index (χ1v) is 6.83. The number of thiophene rings is 1. The molecule has 0 bridgehead atoms. The fourth-order valence-corrected chi connectivity index (χ4v) is 2.59. The van der Waals surface area contributed by atoms with Gasteiger partial charge in [-0.15, -0.1) is 31.7 Å². The Balaban J connectivity index is 1.69. The lowest BCUT2D eigenvalue weighted by Crippen LogP contribution is -2.07. The van der Waals surface area contributed by atoms with Crippen LogP contribution in [0.1, 0.15) is 5.89 Å². The molecule has 7 nitrogen and oxygen atoms in total. The van der Waals surface area contributed by atoms with Gasteiger partial charge in [-0.05, 0) is 11.4 Å². The van der Waals surface area contributed by atoms with Crippen LogP contribution in [-0.2, 0) is 5.75 Å². The van der Waals surface area contributed by atoms with E-state index in [1.165, 1.54) is 22.8 Å². The Bertz CT molecular complexity index is 631. The number of hydrogen-bond acceptors (Lipinski definition) is 8. The molecule has 0 spiro atoms. The van der Waals surface area contributed by atoms with E-state index in [0.29, 0.717) is 22.7 Å². The zero-order valence-electron chi connectivity index (χ0n) is 9.05. The molecule has 2 N–H and O–H groups in total. The first-order valence-electron chi connectivity index (χ1n) is 4.97. The summed E-state index contributed by atoms with van der Waals surface area (Å²) in [5, 5.41) is 18.1. The molecule has 3 aromatic heterocycles. The second-order valence-electron chi connectivity index (χ2n) is 3.29. The first kappa shape index (κ1) is 11.2. The van der Waals surface area contributed by atoms with E-state index in [9.17, 15) is 0 Å². The molecule has 0 atom stereocenters. The maximum absolute atomic E-state index is 5.59. The largest absolute Gasteiger partial charge is 0.419 e. The minimum atomic E-state index is 0.508. The van der Waals surface area contributed by atoms with Gasteiger partial charge in [0.1, 0.15) is 6.33 Å². The van der Waals surface area contributed by atoms with E-state index in [1.807, 2.05) is 17.5 Å². The van der Waals surface area contributed by atoms with Crippen LogP contribution in [0.3, 0.4) is 0 Å². The third kappa shape index (κ3) is 2.22. The summed E-state index contributed by atoms with van der Waals surface area (Å²) in [6.07, 6.45) is 1.44. The van der Waals surface area contributed by atoms with Crippen molar-refractivity contribution in [1.29, 1.82) is 0 Å². The van der Waals surface area contributed by atoms with E-state index >= 15 is 0 Å². The van der Waals surface area contributed by atoms with Gasteiger partial charge < -0.3 is 10.3 Å². The van der Waals surface area contributed by atoms with Crippen molar-refractivity contribution in [3.63, 3.8) is 0 Å². The number of aromatic nitrogens is 5. The number of nitrogens with two attached hydrogens (primary N) is 1. The predicted molar refractivity (Wildman–Crippen MR) is 67.3 cm³/mol. The topological polar surface area (TPSA) is 95.7 Å². The highest BCUT2D eigenvalue weighted by atomic mass is 32.2. The zero-order chi connectivity index (χ0) is 12.4. The molecule has 0 aliphatic heterocycles. The SMILES string of the molecule is Nn1cnnc1SCc1nnc(-c2cccs2)o1. The van der Waals surface area contributed by atoms with Crippen molar-refractivity contribution in [3.8, 4) is 10.8 Å². The average molecular weight is 280 g/mol. The molecule has 0 unspecified atom stereocenters. The second-order valence-corrected chi connectivity index (χ2v) is 5.18. The lowest BCUT2D eigenvalue weighted by molar-refractivity contribution is 0.529. The quantitative estimate of drug-likeness (QED) is 0.570. The number of thioether (sulfide) groups is 1. The Morgan fingerprint density at radius 3 is 3.06 bits per heavy atom. The van der Waals surface area contributed by atoms with Crippen LogP contribution in [0, 0.1) is 0 Å². The summed E-state index contributed by atoms with van der Waals surface area (Å²) in [5.74, 6) is 7.17. The molecular weight excluding hydrogens is 272 g/mol. The maximum Gasteiger partial charge on any atom is 0.257 e. The second kappa shape index (κ2) is 4.78. The first-order chi connectivity index (χ1) is 8.83. The lowest BCUT2D eigenvalue weighted by atomic mass is 10.5. The Labute approximate surface area is 110 Å². The van der Waals surface area contributed by atoms with E-state index in [1.54, 1.807) is 11.3 Å². The Morgan fingerprint density at radius 1 is 1.39 bits per heavy atom. The molecule has 0 aliphatic rings. The minimum absolute atomic E-state index is 0.508. The van der Waals surface area contributed by atoms with E-state index < -0.39 is 0 Å². The summed E-state index contributed by atoms with van der Waals surface area (Å²) in [6, 6.07) is 3.88. The highest BCUT2D eigenvalue weighted by Gasteiger charge is 2.11. The predicted octanol–water partition coefficient (Wildman–Crippen LogP) is 1.40. The van der Waals surface area contributed by atoms with Crippen LogP contribution >= 0.6 is 23.1 Å². The third-order valence-electron chi connectivity index (χ3n) is 2.06. The van der Waals surface area contributed by atoms with Crippen LogP contribution in [0.4, 0.5) is 0 Å². The number of rotatable bonds is 4. The van der Waals surface area contributed by atoms with Crippen molar-refractivity contribution < 1.29 is 4.42 Å². The van der Waals surface area contributed by atoms with E-state index in [4.69, 9.17) is 10.3 Å². The monoisotopic (exact) mass is 280 g/mol. The molecule has 0 aromatic carbocycles. The molecule has 0 amide bonds. The van der Waals surface area contributed by atoms with E-state index in [2.05, 4.69) is 20.4 Å². The number of hydrogen-bond donors (Lipinski definition) is 1. The highest BCUT2D eigenvalue weighted by molar-refractivity contribution is 7.98. The van der Waals surface area contributed by atoms with Crippen LogP contribution in [0.2, 0.25) is 0 Å². The summed E-state index contributed by atoms with van der Waals surface area (Å²) in [4.78, 5) is 0.959. The van der Waals surface area contributed by atoms with Crippen LogP contribution < -0.4 is 5.84 Å². The summed E-state index contributed by atoms with van der Waals surface area (Å²) in [5.41, 5.74) is 0. The maximum atomic E-state index is 5.59. The van der Waals surface area contributed by atoms with Crippen LogP contribution in [-0.4, -0.2) is 25.1 Å². The van der Waals surface area contributed by atoms with Crippen LogP contribution in [0.25, 0.3) is 10.8 Å². The molecule has 18 heavy (non-hydrogen) atoms. The summed E-state index contributed by atoms with van der Waals surface area (Å²) in [6.45, 7) is 0. The van der Waals surface area contributed by atoms with Gasteiger partial charge in [0.25, 0.3) is 5.89 Å². The normalized spacial score (nSPS) is 10.9. The molecule has 3 heterocycles. The van der Waals surface area contributed by atoms with Crippen molar-refractivity contribution in [2.24, 2.45) is 0 Å². The van der Waals surface area contributed by atoms with Crippen molar-refractivity contribution in [2.45, 2.75) is 10.9 Å². The van der Waals surface area contributed by atoms with Crippen molar-refractivity contribution in [2.75, 3.05) is 5.84 Å².